The van der Waals surface area contributed by atoms with Gasteiger partial charge in [0.2, 0.25) is 11.8 Å². The molecular formula is C28H37N5O7. The standard InChI is InChI=1S/C28H37N5O7/c1-28(2,3)40-24(35)17-39-13-12-30-8-10-31(11-9-30)19-15-32(16-19)18-4-5-20-21(14-18)27(38)33(26(20)37)22-6-7-23(34)29-25(22)36/h4-5,14,19,22H,6-13,15-17H2,1-3H3,(H,29,34,36). The number of nitrogens with zero attached hydrogens (tertiary/aromatic N) is 4. The van der Waals surface area contributed by atoms with Crippen LogP contribution in [0, 0.1) is 0 Å². The first-order chi connectivity index (χ1) is 19.0. The molecule has 4 amide bonds. The number of carbonyl (C=O) groups is 5. The first-order valence-corrected chi connectivity index (χ1v) is 13.9. The quantitative estimate of drug-likeness (QED) is 0.271. The average Bonchev–Trinajstić information content (AvgIpc) is 3.10. The number of piperazine rings is 1. The van der Waals surface area contributed by atoms with Crippen LogP contribution in [0.2, 0.25) is 0 Å². The molecule has 12 heteroatoms. The van der Waals surface area contributed by atoms with Crippen molar-refractivity contribution in [1.82, 2.24) is 20.0 Å². The number of hydrogen-bond acceptors (Lipinski definition) is 10. The van der Waals surface area contributed by atoms with Crippen LogP contribution in [0.25, 0.3) is 0 Å². The third kappa shape index (κ3) is 6.03. The maximum atomic E-state index is 13.1. The molecule has 4 aliphatic rings. The van der Waals surface area contributed by atoms with Crippen molar-refractivity contribution in [3.63, 3.8) is 0 Å². The van der Waals surface area contributed by atoms with Crippen LogP contribution in [0.3, 0.4) is 0 Å². The molecular weight excluding hydrogens is 518 g/mol. The first kappa shape index (κ1) is 28.2. The van der Waals surface area contributed by atoms with Crippen LogP contribution in [-0.2, 0) is 23.9 Å². The number of ether oxygens (including phenoxy) is 2. The van der Waals surface area contributed by atoms with E-state index in [0.717, 1.165) is 56.4 Å². The Hall–Kier alpha value is -3.35. The zero-order chi connectivity index (χ0) is 28.6. The molecule has 0 aliphatic carbocycles. The van der Waals surface area contributed by atoms with E-state index < -0.39 is 35.3 Å². The van der Waals surface area contributed by atoms with Gasteiger partial charge in [-0.1, -0.05) is 0 Å². The predicted molar refractivity (Wildman–Crippen MR) is 144 cm³/mol. The lowest BCUT2D eigenvalue weighted by Gasteiger charge is -2.49. The van der Waals surface area contributed by atoms with Crippen LogP contribution in [0.1, 0.15) is 54.3 Å². The van der Waals surface area contributed by atoms with Gasteiger partial charge in [0, 0.05) is 64.0 Å². The van der Waals surface area contributed by atoms with Crippen LogP contribution in [0.5, 0.6) is 0 Å². The summed E-state index contributed by atoms with van der Waals surface area (Å²) >= 11 is 0. The van der Waals surface area contributed by atoms with E-state index in [1.165, 1.54) is 0 Å². The van der Waals surface area contributed by atoms with Gasteiger partial charge >= 0.3 is 5.97 Å². The summed E-state index contributed by atoms with van der Waals surface area (Å²) in [7, 11) is 0. The molecule has 1 aromatic carbocycles. The second-order valence-corrected chi connectivity index (χ2v) is 11.8. The van der Waals surface area contributed by atoms with Crippen molar-refractivity contribution in [2.45, 2.75) is 51.3 Å². The lowest BCUT2D eigenvalue weighted by molar-refractivity contribution is -0.160. The second-order valence-electron chi connectivity index (χ2n) is 11.8. The molecule has 12 nitrogen and oxygen atoms in total. The fourth-order valence-corrected chi connectivity index (χ4v) is 5.62. The minimum atomic E-state index is -0.961. The van der Waals surface area contributed by atoms with Gasteiger partial charge in [0.25, 0.3) is 11.8 Å². The normalized spacial score (nSPS) is 22.8. The largest absolute Gasteiger partial charge is 0.458 e. The molecule has 0 aromatic heterocycles. The van der Waals surface area contributed by atoms with Gasteiger partial charge in [0.05, 0.1) is 17.7 Å². The third-order valence-corrected chi connectivity index (χ3v) is 7.77. The molecule has 0 bridgehead atoms. The van der Waals surface area contributed by atoms with Crippen molar-refractivity contribution in [3.8, 4) is 0 Å². The van der Waals surface area contributed by atoms with Gasteiger partial charge in [-0.05, 0) is 45.4 Å². The second kappa shape index (κ2) is 11.3. The number of imide groups is 2. The highest BCUT2D eigenvalue weighted by Crippen LogP contribution is 2.32. The number of piperidine rings is 1. The number of fused-ring (bicyclic) bond motifs is 1. The minimum absolute atomic E-state index is 0.0352. The summed E-state index contributed by atoms with van der Waals surface area (Å²) < 4.78 is 10.7. The summed E-state index contributed by atoms with van der Waals surface area (Å²) in [5.74, 6) is -2.32. The van der Waals surface area contributed by atoms with Gasteiger partial charge < -0.3 is 14.4 Å². The molecule has 1 aromatic rings. The van der Waals surface area contributed by atoms with E-state index >= 15 is 0 Å². The lowest BCUT2D eigenvalue weighted by atomic mass is 10.0. The molecule has 1 atom stereocenters. The van der Waals surface area contributed by atoms with E-state index in [1.54, 1.807) is 12.1 Å². The zero-order valence-corrected chi connectivity index (χ0v) is 23.3. The molecule has 0 saturated carbocycles. The summed E-state index contributed by atoms with van der Waals surface area (Å²) in [4.78, 5) is 69.6. The number of esters is 1. The third-order valence-electron chi connectivity index (χ3n) is 7.77. The minimum Gasteiger partial charge on any atom is -0.458 e. The Balaban J connectivity index is 1.06. The van der Waals surface area contributed by atoms with Crippen molar-refractivity contribution in [2.24, 2.45) is 0 Å². The monoisotopic (exact) mass is 555 g/mol. The topological polar surface area (TPSA) is 129 Å². The van der Waals surface area contributed by atoms with Crippen LogP contribution in [0.15, 0.2) is 18.2 Å². The van der Waals surface area contributed by atoms with Crippen molar-refractivity contribution in [2.75, 3.05) is 63.9 Å². The highest BCUT2D eigenvalue weighted by atomic mass is 16.6. The predicted octanol–water partition coefficient (Wildman–Crippen LogP) is 0.252. The van der Waals surface area contributed by atoms with Gasteiger partial charge in [-0.2, -0.15) is 0 Å². The van der Waals surface area contributed by atoms with Crippen LogP contribution in [-0.4, -0.2) is 121 Å². The molecule has 0 spiro atoms. The number of carbonyl (C=O) groups excluding carboxylic acids is 5. The summed E-state index contributed by atoms with van der Waals surface area (Å²) in [5, 5.41) is 2.22. The molecule has 40 heavy (non-hydrogen) atoms. The number of anilines is 1. The Bertz CT molecular complexity index is 1200. The van der Waals surface area contributed by atoms with Crippen LogP contribution >= 0.6 is 0 Å². The molecule has 0 radical (unpaired) electrons. The highest BCUT2D eigenvalue weighted by molar-refractivity contribution is 6.23. The molecule has 216 valence electrons. The van der Waals surface area contributed by atoms with Gasteiger partial charge in [-0.15, -0.1) is 0 Å². The van der Waals surface area contributed by atoms with Crippen molar-refractivity contribution in [3.05, 3.63) is 29.3 Å². The van der Waals surface area contributed by atoms with E-state index in [4.69, 9.17) is 9.47 Å². The van der Waals surface area contributed by atoms with Crippen LogP contribution < -0.4 is 10.2 Å². The fraction of sp³-hybridized carbons (Fsp3) is 0.607. The molecule has 3 saturated heterocycles. The molecule has 4 aliphatic heterocycles. The summed E-state index contributed by atoms with van der Waals surface area (Å²) in [5.41, 5.74) is 0.964. The number of amides is 4. The maximum Gasteiger partial charge on any atom is 0.332 e. The van der Waals surface area contributed by atoms with Gasteiger partial charge in [0.15, 0.2) is 0 Å². The Morgan fingerprint density at radius 1 is 1.00 bits per heavy atom. The first-order valence-electron chi connectivity index (χ1n) is 13.9. The summed E-state index contributed by atoms with van der Waals surface area (Å²) in [6.07, 6.45) is 0.240. The lowest BCUT2D eigenvalue weighted by Crippen LogP contribution is -2.63. The Morgan fingerprint density at radius 2 is 1.70 bits per heavy atom. The van der Waals surface area contributed by atoms with E-state index in [-0.39, 0.29) is 25.4 Å². The van der Waals surface area contributed by atoms with E-state index in [0.29, 0.717) is 23.8 Å². The van der Waals surface area contributed by atoms with E-state index in [1.807, 2.05) is 26.8 Å². The SMILES string of the molecule is CC(C)(C)OC(=O)COCCN1CCN(C2CN(c3ccc4c(c3)C(=O)N(C3CCC(=O)NC3=O)C4=O)C2)CC1. The number of benzene rings is 1. The zero-order valence-electron chi connectivity index (χ0n) is 23.3. The summed E-state index contributed by atoms with van der Waals surface area (Å²) in [6.45, 7) is 12.1. The molecule has 4 heterocycles. The molecule has 1 unspecified atom stereocenters. The Morgan fingerprint density at radius 3 is 2.38 bits per heavy atom. The molecule has 1 N–H and O–H groups in total. The smallest absolute Gasteiger partial charge is 0.332 e. The summed E-state index contributed by atoms with van der Waals surface area (Å²) in [6, 6.07) is 4.71. The van der Waals surface area contributed by atoms with Gasteiger partial charge in [-0.3, -0.25) is 39.2 Å². The van der Waals surface area contributed by atoms with Gasteiger partial charge in [0.1, 0.15) is 18.2 Å². The van der Waals surface area contributed by atoms with Crippen molar-refractivity contribution >= 4 is 35.3 Å². The fourth-order valence-electron chi connectivity index (χ4n) is 5.62. The Labute approximate surface area is 233 Å². The molecule has 3 fully saturated rings. The molecule has 5 rings (SSSR count). The number of hydrogen-bond donors (Lipinski definition) is 1. The van der Waals surface area contributed by atoms with E-state index in [2.05, 4.69) is 20.0 Å². The average molecular weight is 556 g/mol. The van der Waals surface area contributed by atoms with Crippen molar-refractivity contribution in [1.29, 1.82) is 0 Å². The van der Waals surface area contributed by atoms with Crippen LogP contribution in [0.4, 0.5) is 5.69 Å². The Kier molecular flexibility index (Phi) is 7.94. The number of nitrogens with one attached hydrogen (secondary N) is 1. The van der Waals surface area contributed by atoms with Gasteiger partial charge in [-0.25, -0.2) is 4.79 Å². The maximum absolute atomic E-state index is 13.1. The number of rotatable bonds is 8. The highest BCUT2D eigenvalue weighted by Gasteiger charge is 2.45. The van der Waals surface area contributed by atoms with Crippen molar-refractivity contribution < 1.29 is 33.4 Å². The van der Waals surface area contributed by atoms with E-state index in [9.17, 15) is 24.0 Å².